The van der Waals surface area contributed by atoms with Crippen molar-refractivity contribution >= 4 is 17.6 Å². The van der Waals surface area contributed by atoms with Crippen molar-refractivity contribution in [2.45, 2.75) is 25.3 Å². The monoisotopic (exact) mass is 448 g/mol. The zero-order valence-corrected chi connectivity index (χ0v) is 19.3. The summed E-state index contributed by atoms with van der Waals surface area (Å²) in [5.74, 6) is 4.81. The van der Waals surface area contributed by atoms with E-state index in [1.54, 1.807) is 0 Å². The molecule has 1 heterocycles. The summed E-state index contributed by atoms with van der Waals surface area (Å²) in [6, 6.07) is 23.2. The Kier molecular flexibility index (Phi) is 6.35. The van der Waals surface area contributed by atoms with Gasteiger partial charge in [-0.1, -0.05) is 48.4 Å². The van der Waals surface area contributed by atoms with Crippen LogP contribution in [-0.4, -0.2) is 19.4 Å². The molecule has 2 aliphatic rings. The summed E-state index contributed by atoms with van der Waals surface area (Å²) in [5, 5.41) is 3.78. The predicted octanol–water partition coefficient (Wildman–Crippen LogP) is 6.67. The highest BCUT2D eigenvalue weighted by molar-refractivity contribution is 5.83. The maximum atomic E-state index is 5.70. The molecular weight excluding hydrogens is 420 g/mol. The number of allylic oxidation sites excluding steroid dienone is 2. The highest BCUT2D eigenvalue weighted by Gasteiger charge is 2.37. The topological polar surface area (TPSA) is 42.8 Å². The Morgan fingerprint density at radius 3 is 2.74 bits per heavy atom. The first-order chi connectivity index (χ1) is 16.8. The second-order valence-corrected chi connectivity index (χ2v) is 8.54. The fourth-order valence-corrected chi connectivity index (χ4v) is 4.90. The standard InChI is InChI=1S/C30H28N2O2/c1-3-18-34-28-17-12-21(19-29(28)33-4-2)20-31-23-15-13-22(14-16-23)30-26-10-7-9-24(26)25-8-5-6-11-27(25)32-30/h1,5-9,11-17,19-20,24,26,30,32H,4,10,18H2,2H3/t24-,26+,30+/m1/s1. The van der Waals surface area contributed by atoms with E-state index in [-0.39, 0.29) is 12.6 Å². The minimum absolute atomic E-state index is 0.207. The normalized spacial score (nSPS) is 20.3. The number of anilines is 1. The van der Waals surface area contributed by atoms with E-state index in [2.05, 4.69) is 76.9 Å². The van der Waals surface area contributed by atoms with Gasteiger partial charge in [0.15, 0.2) is 11.5 Å². The number of nitrogens with zero attached hydrogens (tertiary/aromatic N) is 1. The summed E-state index contributed by atoms with van der Waals surface area (Å²) in [4.78, 5) is 4.67. The third kappa shape index (κ3) is 4.43. The van der Waals surface area contributed by atoms with Crippen molar-refractivity contribution in [1.82, 2.24) is 0 Å². The van der Waals surface area contributed by atoms with E-state index < -0.39 is 0 Å². The van der Waals surface area contributed by atoms with Crippen LogP contribution in [0, 0.1) is 18.3 Å². The SMILES string of the molecule is C#CCOc1ccc(C=Nc2ccc([C@@H]3Nc4ccccc4[C@H]4C=CC[C@@H]43)cc2)cc1OCC. The summed E-state index contributed by atoms with van der Waals surface area (Å²) in [5.41, 5.74) is 5.78. The Hall–Kier alpha value is -3.97. The van der Waals surface area contributed by atoms with Gasteiger partial charge in [-0.3, -0.25) is 4.99 Å². The lowest BCUT2D eigenvalue weighted by atomic mass is 9.77. The maximum absolute atomic E-state index is 5.70. The predicted molar refractivity (Wildman–Crippen MR) is 138 cm³/mol. The summed E-state index contributed by atoms with van der Waals surface area (Å²) in [6.45, 7) is 2.70. The Labute approximate surface area is 201 Å². The molecule has 4 heteroatoms. The minimum Gasteiger partial charge on any atom is -0.490 e. The van der Waals surface area contributed by atoms with Crippen LogP contribution >= 0.6 is 0 Å². The van der Waals surface area contributed by atoms with E-state index in [0.29, 0.717) is 29.9 Å². The van der Waals surface area contributed by atoms with Gasteiger partial charge in [-0.25, -0.2) is 0 Å². The van der Waals surface area contributed by atoms with Gasteiger partial charge in [-0.15, -0.1) is 6.42 Å². The van der Waals surface area contributed by atoms with Crippen molar-refractivity contribution in [3.8, 4) is 23.8 Å². The van der Waals surface area contributed by atoms with Crippen LogP contribution in [0.3, 0.4) is 0 Å². The number of benzene rings is 3. The lowest BCUT2D eigenvalue weighted by Gasteiger charge is -2.37. The van der Waals surface area contributed by atoms with Crippen molar-refractivity contribution in [2.24, 2.45) is 10.9 Å². The van der Waals surface area contributed by atoms with Gasteiger partial charge in [0.05, 0.1) is 18.3 Å². The molecule has 170 valence electrons. The number of para-hydroxylation sites is 1. The molecule has 0 saturated carbocycles. The van der Waals surface area contributed by atoms with Crippen LogP contribution in [0.25, 0.3) is 0 Å². The molecule has 4 nitrogen and oxygen atoms in total. The summed E-state index contributed by atoms with van der Waals surface area (Å²) < 4.78 is 11.3. The van der Waals surface area contributed by atoms with Crippen molar-refractivity contribution in [2.75, 3.05) is 18.5 Å². The number of nitrogens with one attached hydrogen (secondary N) is 1. The van der Waals surface area contributed by atoms with Crippen LogP contribution in [0.1, 0.15) is 42.0 Å². The lowest BCUT2D eigenvalue weighted by Crippen LogP contribution is -2.28. The molecule has 34 heavy (non-hydrogen) atoms. The van der Waals surface area contributed by atoms with Crippen molar-refractivity contribution in [1.29, 1.82) is 0 Å². The van der Waals surface area contributed by atoms with Gasteiger partial charge in [0.25, 0.3) is 0 Å². The summed E-state index contributed by atoms with van der Waals surface area (Å²) in [6.07, 6.45) is 12.9. The fraction of sp³-hybridized carbons (Fsp3) is 0.233. The summed E-state index contributed by atoms with van der Waals surface area (Å²) in [7, 11) is 0. The Morgan fingerprint density at radius 2 is 1.91 bits per heavy atom. The Morgan fingerprint density at radius 1 is 1.06 bits per heavy atom. The van der Waals surface area contributed by atoms with Crippen molar-refractivity contribution in [3.63, 3.8) is 0 Å². The third-order valence-electron chi connectivity index (χ3n) is 6.47. The molecule has 1 aliphatic carbocycles. The molecule has 1 aliphatic heterocycles. The number of rotatable bonds is 7. The first kappa shape index (κ1) is 21.9. The van der Waals surface area contributed by atoms with Crippen LogP contribution in [0.4, 0.5) is 11.4 Å². The smallest absolute Gasteiger partial charge is 0.162 e. The van der Waals surface area contributed by atoms with E-state index in [1.165, 1.54) is 16.8 Å². The van der Waals surface area contributed by atoms with Crippen LogP contribution in [0.2, 0.25) is 0 Å². The zero-order valence-electron chi connectivity index (χ0n) is 19.3. The first-order valence-corrected chi connectivity index (χ1v) is 11.8. The molecule has 0 amide bonds. The van der Waals surface area contributed by atoms with Gasteiger partial charge >= 0.3 is 0 Å². The van der Waals surface area contributed by atoms with E-state index in [1.807, 2.05) is 31.3 Å². The molecule has 5 rings (SSSR count). The number of fused-ring (bicyclic) bond motifs is 3. The largest absolute Gasteiger partial charge is 0.490 e. The molecule has 0 aromatic heterocycles. The Bertz CT molecular complexity index is 1250. The van der Waals surface area contributed by atoms with E-state index in [0.717, 1.165) is 17.7 Å². The molecule has 3 aromatic carbocycles. The number of terminal acetylenes is 1. The van der Waals surface area contributed by atoms with E-state index >= 15 is 0 Å². The van der Waals surface area contributed by atoms with Gasteiger partial charge in [0.1, 0.15) is 6.61 Å². The first-order valence-electron chi connectivity index (χ1n) is 11.8. The van der Waals surface area contributed by atoms with Crippen molar-refractivity contribution < 1.29 is 9.47 Å². The number of ether oxygens (including phenoxy) is 2. The molecule has 1 N–H and O–H groups in total. The highest BCUT2D eigenvalue weighted by Crippen LogP contribution is 2.49. The molecule has 0 fully saturated rings. The fourth-order valence-electron chi connectivity index (χ4n) is 4.90. The van der Waals surface area contributed by atoms with Crippen molar-refractivity contribution in [3.05, 3.63) is 95.6 Å². The minimum atomic E-state index is 0.207. The lowest BCUT2D eigenvalue weighted by molar-refractivity contribution is 0.299. The molecular formula is C30H28N2O2. The molecule has 3 aromatic rings. The molecule has 0 unspecified atom stereocenters. The van der Waals surface area contributed by atoms with Gasteiger partial charge in [0.2, 0.25) is 0 Å². The maximum Gasteiger partial charge on any atom is 0.162 e. The number of hydrogen-bond donors (Lipinski definition) is 1. The van der Waals surface area contributed by atoms with Gasteiger partial charge in [-0.05, 0) is 72.4 Å². The van der Waals surface area contributed by atoms with E-state index in [9.17, 15) is 0 Å². The van der Waals surface area contributed by atoms with Crippen LogP contribution in [0.5, 0.6) is 11.5 Å². The zero-order chi connectivity index (χ0) is 23.3. The van der Waals surface area contributed by atoms with E-state index in [4.69, 9.17) is 15.9 Å². The van der Waals surface area contributed by atoms with Crippen LogP contribution in [0.15, 0.2) is 83.9 Å². The van der Waals surface area contributed by atoms with Gasteiger partial charge in [-0.2, -0.15) is 0 Å². The average Bonchev–Trinajstić information content (AvgIpc) is 3.37. The summed E-state index contributed by atoms with van der Waals surface area (Å²) >= 11 is 0. The molecule has 0 saturated heterocycles. The van der Waals surface area contributed by atoms with Gasteiger partial charge < -0.3 is 14.8 Å². The average molecular weight is 449 g/mol. The Balaban J connectivity index is 1.32. The molecule has 0 bridgehead atoms. The second kappa shape index (κ2) is 9.89. The van der Waals surface area contributed by atoms with Crippen LogP contribution in [-0.2, 0) is 0 Å². The van der Waals surface area contributed by atoms with Gasteiger partial charge in [0, 0.05) is 17.8 Å². The number of hydrogen-bond acceptors (Lipinski definition) is 4. The third-order valence-corrected chi connectivity index (χ3v) is 6.47. The molecule has 3 atom stereocenters. The number of aliphatic imine (C=N–C) groups is 1. The van der Waals surface area contributed by atoms with Crippen LogP contribution < -0.4 is 14.8 Å². The molecule has 0 radical (unpaired) electrons. The highest BCUT2D eigenvalue weighted by atomic mass is 16.5. The molecule has 0 spiro atoms. The second-order valence-electron chi connectivity index (χ2n) is 8.54. The quantitative estimate of drug-likeness (QED) is 0.249.